The van der Waals surface area contributed by atoms with Crippen LogP contribution in [0.3, 0.4) is 0 Å². The molecule has 2 fully saturated rings. The Morgan fingerprint density at radius 2 is 1.81 bits per heavy atom. The molecule has 2 saturated heterocycles. The first-order valence-electron chi connectivity index (χ1n) is 17.8. The number of ether oxygens (including phenoxy) is 2. The van der Waals surface area contributed by atoms with E-state index in [1.807, 2.05) is 48.2 Å². The minimum absolute atomic E-state index is 0.0880. The molecule has 0 bridgehead atoms. The second-order valence-electron chi connectivity index (χ2n) is 13.3. The van der Waals surface area contributed by atoms with Crippen molar-refractivity contribution in [1.29, 1.82) is 0 Å². The van der Waals surface area contributed by atoms with Gasteiger partial charge in [0, 0.05) is 105 Å². The highest BCUT2D eigenvalue weighted by atomic mass is 35.5. The standard InChI is InChI=1S/C39H45ClN8O5/c1-23-29(37-36(40)30(12-15-42-37)32-10-8-25(39(47-32)53-4)19-41-22-28-9-11-35(50)45-28)6-5-7-31(23)46-38(51)33-18-34(52-3)26(21-44-33)20-43-27-13-16-48(17-14-27)24(2)49/h5-8,10,12,15,18,21,27-28,41,43H,9,11,13-14,16-17,19-20,22H2,1-4H3,(H,45,50)(H,46,51)/t28-/m0/s1. The normalized spacial score (nSPS) is 16.0. The van der Waals surface area contributed by atoms with Crippen LogP contribution >= 0.6 is 11.6 Å². The summed E-state index contributed by atoms with van der Waals surface area (Å²) in [4.78, 5) is 52.3. The lowest BCUT2D eigenvalue weighted by molar-refractivity contribution is -0.130. The molecule has 278 valence electrons. The lowest BCUT2D eigenvalue weighted by atomic mass is 10.0. The molecular formula is C39H45ClN8O5. The largest absolute Gasteiger partial charge is 0.496 e. The number of pyridine rings is 3. The van der Waals surface area contributed by atoms with Gasteiger partial charge in [0.1, 0.15) is 11.4 Å². The molecule has 13 nitrogen and oxygen atoms in total. The van der Waals surface area contributed by atoms with E-state index in [-0.39, 0.29) is 35.5 Å². The minimum Gasteiger partial charge on any atom is -0.496 e. The van der Waals surface area contributed by atoms with Gasteiger partial charge >= 0.3 is 0 Å². The Balaban J connectivity index is 1.13. The van der Waals surface area contributed by atoms with Gasteiger partial charge < -0.3 is 35.6 Å². The van der Waals surface area contributed by atoms with Crippen LogP contribution in [0.25, 0.3) is 22.5 Å². The number of carbonyl (C=O) groups excluding carboxylic acids is 3. The van der Waals surface area contributed by atoms with Gasteiger partial charge in [-0.25, -0.2) is 4.98 Å². The summed E-state index contributed by atoms with van der Waals surface area (Å²) in [5.41, 5.74) is 5.92. The number of methoxy groups -OCH3 is 2. The number of rotatable bonds is 13. The third kappa shape index (κ3) is 8.93. The highest BCUT2D eigenvalue weighted by molar-refractivity contribution is 6.35. The van der Waals surface area contributed by atoms with Crippen molar-refractivity contribution in [1.82, 2.24) is 35.8 Å². The molecule has 5 heterocycles. The van der Waals surface area contributed by atoms with Crippen LogP contribution in [0.2, 0.25) is 5.02 Å². The highest BCUT2D eigenvalue weighted by Crippen LogP contribution is 2.38. The number of amides is 3. The predicted molar refractivity (Wildman–Crippen MR) is 203 cm³/mol. The van der Waals surface area contributed by atoms with Gasteiger partial charge in [-0.05, 0) is 49.9 Å². The van der Waals surface area contributed by atoms with Crippen molar-refractivity contribution in [2.45, 2.75) is 64.7 Å². The molecule has 4 aromatic rings. The van der Waals surface area contributed by atoms with Crippen LogP contribution in [-0.4, -0.2) is 83.5 Å². The number of likely N-dealkylation sites (tertiary alicyclic amines) is 1. The summed E-state index contributed by atoms with van der Waals surface area (Å²) < 4.78 is 11.3. The summed E-state index contributed by atoms with van der Waals surface area (Å²) in [6.07, 6.45) is 6.48. The van der Waals surface area contributed by atoms with E-state index in [0.29, 0.717) is 65.3 Å². The van der Waals surface area contributed by atoms with Crippen LogP contribution in [0.4, 0.5) is 5.69 Å². The molecule has 0 saturated carbocycles. The molecule has 2 aliphatic heterocycles. The van der Waals surface area contributed by atoms with Crippen molar-refractivity contribution in [2.24, 2.45) is 0 Å². The van der Waals surface area contributed by atoms with Crippen LogP contribution in [0.15, 0.2) is 54.9 Å². The zero-order valence-corrected chi connectivity index (χ0v) is 31.2. The van der Waals surface area contributed by atoms with Gasteiger partial charge in [-0.2, -0.15) is 0 Å². The molecule has 6 rings (SSSR count). The average Bonchev–Trinajstić information content (AvgIpc) is 3.59. The minimum atomic E-state index is -0.383. The van der Waals surface area contributed by atoms with E-state index in [1.165, 1.54) is 0 Å². The fourth-order valence-corrected chi connectivity index (χ4v) is 7.06. The van der Waals surface area contributed by atoms with Gasteiger partial charge in [-0.3, -0.25) is 24.4 Å². The molecule has 0 radical (unpaired) electrons. The number of hydrogen-bond acceptors (Lipinski definition) is 10. The smallest absolute Gasteiger partial charge is 0.274 e. The molecule has 3 aromatic heterocycles. The average molecular weight is 741 g/mol. The number of piperidine rings is 1. The van der Waals surface area contributed by atoms with Gasteiger partial charge in [0.05, 0.1) is 30.6 Å². The van der Waals surface area contributed by atoms with Gasteiger partial charge in [-0.1, -0.05) is 29.8 Å². The summed E-state index contributed by atoms with van der Waals surface area (Å²) in [5, 5.41) is 13.3. The lowest BCUT2D eigenvalue weighted by Gasteiger charge is -2.31. The van der Waals surface area contributed by atoms with Crippen LogP contribution in [0.5, 0.6) is 11.6 Å². The van der Waals surface area contributed by atoms with Crippen molar-refractivity contribution in [3.8, 4) is 34.1 Å². The number of hydrogen-bond donors (Lipinski definition) is 4. The third-order valence-electron chi connectivity index (χ3n) is 9.84. The van der Waals surface area contributed by atoms with Crippen molar-refractivity contribution in [3.05, 3.63) is 82.3 Å². The number of halogens is 1. The number of nitrogens with zero attached hydrogens (tertiary/aromatic N) is 4. The van der Waals surface area contributed by atoms with Crippen LogP contribution < -0.4 is 30.7 Å². The van der Waals surface area contributed by atoms with Gasteiger partial charge in [-0.15, -0.1) is 0 Å². The van der Waals surface area contributed by atoms with E-state index in [1.54, 1.807) is 39.6 Å². The summed E-state index contributed by atoms with van der Waals surface area (Å²) in [6.45, 7) is 6.70. The second-order valence-corrected chi connectivity index (χ2v) is 13.7. The van der Waals surface area contributed by atoms with Crippen molar-refractivity contribution >= 4 is 35.0 Å². The first-order valence-corrected chi connectivity index (χ1v) is 18.1. The van der Waals surface area contributed by atoms with Crippen LogP contribution in [0, 0.1) is 6.92 Å². The Labute approximate surface area is 314 Å². The molecule has 0 aliphatic carbocycles. The summed E-state index contributed by atoms with van der Waals surface area (Å²) >= 11 is 7.03. The molecule has 53 heavy (non-hydrogen) atoms. The topological polar surface area (TPSA) is 160 Å². The molecule has 3 amide bonds. The van der Waals surface area contributed by atoms with Crippen molar-refractivity contribution in [2.75, 3.05) is 39.2 Å². The second kappa shape index (κ2) is 17.1. The summed E-state index contributed by atoms with van der Waals surface area (Å²) in [7, 11) is 3.15. The SMILES string of the molecule is COc1cc(C(=O)Nc2cccc(-c3nccc(-c4ccc(CNC[C@@H]5CCC(=O)N5)c(OC)n4)c3Cl)c2C)ncc1CNC1CCN(C(C)=O)CC1. The molecule has 14 heteroatoms. The molecule has 0 spiro atoms. The number of anilines is 1. The van der Waals surface area contributed by atoms with E-state index < -0.39 is 0 Å². The predicted octanol–water partition coefficient (Wildman–Crippen LogP) is 4.91. The maximum atomic E-state index is 13.5. The van der Waals surface area contributed by atoms with Crippen LogP contribution in [0.1, 0.15) is 59.8 Å². The maximum absolute atomic E-state index is 13.5. The van der Waals surface area contributed by atoms with Crippen LogP contribution in [-0.2, 0) is 22.7 Å². The molecule has 0 unspecified atom stereocenters. The first kappa shape index (κ1) is 37.6. The van der Waals surface area contributed by atoms with Gasteiger partial charge in [0.15, 0.2) is 0 Å². The summed E-state index contributed by atoms with van der Waals surface area (Å²) in [6, 6.07) is 13.3. The molecule has 1 aromatic carbocycles. The van der Waals surface area contributed by atoms with E-state index >= 15 is 0 Å². The van der Waals surface area contributed by atoms with E-state index in [2.05, 4.69) is 31.2 Å². The van der Waals surface area contributed by atoms with Crippen molar-refractivity contribution in [3.63, 3.8) is 0 Å². The fraction of sp³-hybridized carbons (Fsp3) is 0.385. The Morgan fingerprint density at radius 3 is 2.53 bits per heavy atom. The number of nitrogens with one attached hydrogen (secondary N) is 4. The third-order valence-corrected chi connectivity index (χ3v) is 10.2. The Bertz CT molecular complexity index is 1980. The van der Waals surface area contributed by atoms with E-state index in [4.69, 9.17) is 26.1 Å². The number of aromatic nitrogens is 3. The zero-order valence-electron chi connectivity index (χ0n) is 30.4. The Hall–Kier alpha value is -5.11. The monoisotopic (exact) mass is 740 g/mol. The Kier molecular flexibility index (Phi) is 12.2. The molecule has 4 N–H and O–H groups in total. The van der Waals surface area contributed by atoms with Crippen molar-refractivity contribution < 1.29 is 23.9 Å². The molecular weight excluding hydrogens is 696 g/mol. The van der Waals surface area contributed by atoms with E-state index in [0.717, 1.165) is 54.6 Å². The first-order chi connectivity index (χ1) is 25.6. The quantitative estimate of drug-likeness (QED) is 0.148. The van der Waals surface area contributed by atoms with Gasteiger partial charge in [0.2, 0.25) is 17.7 Å². The molecule has 1 atom stereocenters. The highest BCUT2D eigenvalue weighted by Gasteiger charge is 2.23. The Morgan fingerprint density at radius 1 is 1.00 bits per heavy atom. The zero-order chi connectivity index (χ0) is 37.5. The summed E-state index contributed by atoms with van der Waals surface area (Å²) in [5.74, 6) is 0.846. The lowest BCUT2D eigenvalue weighted by Crippen LogP contribution is -2.44. The maximum Gasteiger partial charge on any atom is 0.274 e. The van der Waals surface area contributed by atoms with E-state index in [9.17, 15) is 14.4 Å². The fourth-order valence-electron chi connectivity index (χ4n) is 6.75. The van der Waals surface area contributed by atoms with Gasteiger partial charge in [0.25, 0.3) is 5.91 Å². The molecule has 2 aliphatic rings. The number of carbonyl (C=O) groups is 3. The number of benzene rings is 1.